The van der Waals surface area contributed by atoms with E-state index in [1.165, 1.54) is 0 Å². The topological polar surface area (TPSA) is 43.8 Å². The zero-order chi connectivity index (χ0) is 12.4. The van der Waals surface area contributed by atoms with Crippen LogP contribution < -0.4 is 5.73 Å². The summed E-state index contributed by atoms with van der Waals surface area (Å²) < 4.78 is 3.13. The smallest absolute Gasteiger partial charge is 0.112 e. The predicted molar refractivity (Wildman–Crippen MR) is 73.2 cm³/mol. The number of imidazole rings is 1. The summed E-state index contributed by atoms with van der Waals surface area (Å²) in [6.07, 6.45) is 4.71. The number of hydrogen-bond acceptors (Lipinski definition) is 2. The number of benzene rings is 1. The minimum Gasteiger partial charge on any atom is -0.324 e. The number of nitrogens with two attached hydrogens (primary N) is 1. The van der Waals surface area contributed by atoms with Crippen molar-refractivity contribution in [1.82, 2.24) is 9.55 Å². The molecule has 90 valence electrons. The van der Waals surface area contributed by atoms with Crippen molar-refractivity contribution in [3.63, 3.8) is 0 Å². The molecule has 0 aliphatic rings. The first-order valence-corrected chi connectivity index (χ1v) is 6.50. The number of halogens is 1. The Kier molecular flexibility index (Phi) is 3.64. The summed E-state index contributed by atoms with van der Waals surface area (Å²) >= 11 is 3.60. The van der Waals surface area contributed by atoms with Crippen LogP contribution >= 0.6 is 15.9 Å². The van der Waals surface area contributed by atoms with Crippen molar-refractivity contribution in [2.24, 2.45) is 5.73 Å². The van der Waals surface area contributed by atoms with Crippen molar-refractivity contribution in [2.75, 3.05) is 0 Å². The van der Waals surface area contributed by atoms with Gasteiger partial charge in [-0.2, -0.15) is 0 Å². The molecule has 4 heteroatoms. The molecule has 0 spiro atoms. The van der Waals surface area contributed by atoms with Gasteiger partial charge in [-0.1, -0.05) is 13.0 Å². The first kappa shape index (κ1) is 12.3. The van der Waals surface area contributed by atoms with E-state index in [0.717, 1.165) is 28.0 Å². The second-order valence-electron chi connectivity index (χ2n) is 4.07. The van der Waals surface area contributed by atoms with Gasteiger partial charge in [-0.3, -0.25) is 0 Å². The molecule has 0 amide bonds. The fraction of sp³-hybridized carbons (Fsp3) is 0.308. The molecule has 2 aromatic rings. The van der Waals surface area contributed by atoms with E-state index in [2.05, 4.69) is 50.6 Å². The lowest BCUT2D eigenvalue weighted by atomic mass is 10.1. The van der Waals surface area contributed by atoms with Crippen molar-refractivity contribution >= 4 is 15.9 Å². The first-order valence-electron chi connectivity index (χ1n) is 5.71. The lowest BCUT2D eigenvalue weighted by Crippen LogP contribution is -2.06. The summed E-state index contributed by atoms with van der Waals surface area (Å²) in [7, 11) is 0. The maximum Gasteiger partial charge on any atom is 0.112 e. The summed E-state index contributed by atoms with van der Waals surface area (Å²) in [5.74, 6) is 1.05. The van der Waals surface area contributed by atoms with E-state index in [9.17, 15) is 0 Å². The monoisotopic (exact) mass is 293 g/mol. The molecule has 0 bridgehead atoms. The average Bonchev–Trinajstić information content (AvgIpc) is 2.76. The van der Waals surface area contributed by atoms with Gasteiger partial charge in [0.25, 0.3) is 0 Å². The second kappa shape index (κ2) is 5.02. The molecule has 0 unspecified atom stereocenters. The molecule has 0 aliphatic carbocycles. The van der Waals surface area contributed by atoms with Crippen LogP contribution in [0.2, 0.25) is 0 Å². The number of aromatic nitrogens is 2. The van der Waals surface area contributed by atoms with E-state index in [1.807, 2.05) is 19.3 Å². The lowest BCUT2D eigenvalue weighted by molar-refractivity contribution is 0.814. The minimum atomic E-state index is 0.0498. The quantitative estimate of drug-likeness (QED) is 0.944. The number of aryl methyl sites for hydroxylation is 1. The highest BCUT2D eigenvalue weighted by molar-refractivity contribution is 9.10. The van der Waals surface area contributed by atoms with Crippen molar-refractivity contribution in [1.29, 1.82) is 0 Å². The number of nitrogens with zero attached hydrogens (tertiary/aromatic N) is 2. The van der Waals surface area contributed by atoms with E-state index >= 15 is 0 Å². The summed E-state index contributed by atoms with van der Waals surface area (Å²) in [4.78, 5) is 4.33. The Balaban J connectivity index is 2.47. The molecule has 0 radical (unpaired) electrons. The molecule has 17 heavy (non-hydrogen) atoms. The van der Waals surface area contributed by atoms with Gasteiger partial charge >= 0.3 is 0 Å². The Morgan fingerprint density at radius 2 is 2.24 bits per heavy atom. The van der Waals surface area contributed by atoms with Crippen LogP contribution in [0.25, 0.3) is 5.69 Å². The highest BCUT2D eigenvalue weighted by atomic mass is 79.9. The van der Waals surface area contributed by atoms with Gasteiger partial charge in [0.1, 0.15) is 5.82 Å². The molecule has 0 saturated carbocycles. The Morgan fingerprint density at radius 3 is 2.82 bits per heavy atom. The summed E-state index contributed by atoms with van der Waals surface area (Å²) in [5.41, 5.74) is 8.09. The van der Waals surface area contributed by atoms with Crippen molar-refractivity contribution < 1.29 is 0 Å². The van der Waals surface area contributed by atoms with E-state index in [-0.39, 0.29) is 6.04 Å². The van der Waals surface area contributed by atoms with Gasteiger partial charge in [0.2, 0.25) is 0 Å². The van der Waals surface area contributed by atoms with Crippen LogP contribution in [0.5, 0.6) is 0 Å². The van der Waals surface area contributed by atoms with Crippen LogP contribution in [0.4, 0.5) is 0 Å². The Hall–Kier alpha value is -1.13. The zero-order valence-electron chi connectivity index (χ0n) is 10.0. The SMILES string of the molecule is CCc1nccn1-c1ccc([C@@H](C)N)cc1Br. The van der Waals surface area contributed by atoms with Crippen molar-refractivity contribution in [3.05, 3.63) is 46.5 Å². The number of hydrogen-bond donors (Lipinski definition) is 1. The van der Waals surface area contributed by atoms with Gasteiger partial charge in [-0.25, -0.2) is 4.98 Å². The van der Waals surface area contributed by atoms with Crippen molar-refractivity contribution in [3.8, 4) is 5.69 Å². The van der Waals surface area contributed by atoms with Crippen LogP contribution in [-0.4, -0.2) is 9.55 Å². The van der Waals surface area contributed by atoms with Gasteiger partial charge in [-0.15, -0.1) is 0 Å². The molecule has 0 saturated heterocycles. The van der Waals surface area contributed by atoms with E-state index < -0.39 is 0 Å². The van der Waals surface area contributed by atoms with Crippen molar-refractivity contribution in [2.45, 2.75) is 26.3 Å². The van der Waals surface area contributed by atoms with Gasteiger partial charge in [-0.05, 0) is 40.5 Å². The summed E-state index contributed by atoms with van der Waals surface area (Å²) in [6, 6.07) is 6.25. The highest BCUT2D eigenvalue weighted by Crippen LogP contribution is 2.25. The highest BCUT2D eigenvalue weighted by Gasteiger charge is 2.08. The Morgan fingerprint density at radius 1 is 1.47 bits per heavy atom. The normalized spacial score (nSPS) is 12.7. The number of rotatable bonds is 3. The average molecular weight is 294 g/mol. The third kappa shape index (κ3) is 2.42. The van der Waals surface area contributed by atoms with Crippen LogP contribution in [0.1, 0.15) is 31.3 Å². The van der Waals surface area contributed by atoms with Crippen LogP contribution in [-0.2, 0) is 6.42 Å². The third-order valence-electron chi connectivity index (χ3n) is 2.79. The maximum atomic E-state index is 5.87. The van der Waals surface area contributed by atoms with E-state index in [1.54, 1.807) is 0 Å². The van der Waals surface area contributed by atoms with E-state index in [0.29, 0.717) is 0 Å². The molecule has 1 atom stereocenters. The predicted octanol–water partition coefficient (Wildman–Crippen LogP) is 3.22. The molecule has 1 aromatic heterocycles. The Labute approximate surface area is 110 Å². The first-order chi connectivity index (χ1) is 8.13. The summed E-state index contributed by atoms with van der Waals surface area (Å²) in [6.45, 7) is 4.08. The van der Waals surface area contributed by atoms with Crippen LogP contribution in [0.3, 0.4) is 0 Å². The molecular weight excluding hydrogens is 278 g/mol. The largest absolute Gasteiger partial charge is 0.324 e. The molecular formula is C13H16BrN3. The fourth-order valence-electron chi connectivity index (χ4n) is 1.82. The lowest BCUT2D eigenvalue weighted by Gasteiger charge is -2.12. The van der Waals surface area contributed by atoms with E-state index in [4.69, 9.17) is 5.73 Å². The maximum absolute atomic E-state index is 5.87. The van der Waals surface area contributed by atoms with Gasteiger partial charge in [0.15, 0.2) is 0 Å². The third-order valence-corrected chi connectivity index (χ3v) is 3.43. The molecule has 2 rings (SSSR count). The van der Waals surface area contributed by atoms with Crippen LogP contribution in [0.15, 0.2) is 35.1 Å². The molecule has 3 nitrogen and oxygen atoms in total. The molecule has 0 fully saturated rings. The minimum absolute atomic E-state index is 0.0498. The Bertz CT molecular complexity index is 517. The fourth-order valence-corrected chi connectivity index (χ4v) is 2.40. The molecule has 0 aliphatic heterocycles. The molecule has 1 aromatic carbocycles. The molecule has 1 heterocycles. The standard InChI is InChI=1S/C13H16BrN3/c1-3-13-16-6-7-17(13)12-5-4-10(9(2)15)8-11(12)14/h4-9H,3,15H2,1-2H3/t9-/m1/s1. The van der Waals surface area contributed by atoms with Gasteiger partial charge in [0.05, 0.1) is 5.69 Å². The van der Waals surface area contributed by atoms with Gasteiger partial charge < -0.3 is 10.3 Å². The second-order valence-corrected chi connectivity index (χ2v) is 4.92. The van der Waals surface area contributed by atoms with Crippen LogP contribution in [0, 0.1) is 0 Å². The molecule has 2 N–H and O–H groups in total. The van der Waals surface area contributed by atoms with Gasteiger partial charge in [0, 0.05) is 29.3 Å². The zero-order valence-corrected chi connectivity index (χ0v) is 11.6. The summed E-state index contributed by atoms with van der Waals surface area (Å²) in [5, 5.41) is 0.